The Balaban J connectivity index is 2.39. The average molecular weight is 436 g/mol. The number of hydrogen-bond acceptors (Lipinski definition) is 3. The number of nitrogens with zero attached hydrogens (tertiary/aromatic N) is 1. The normalized spacial score (nSPS) is 12.5. The number of nitrogens with one attached hydrogen (secondary N) is 1. The van der Waals surface area contributed by atoms with Gasteiger partial charge < -0.3 is 5.32 Å². The highest BCUT2D eigenvalue weighted by Crippen LogP contribution is 2.30. The van der Waals surface area contributed by atoms with Crippen LogP contribution >= 0.6 is 34.8 Å². The lowest BCUT2D eigenvalue weighted by atomic mass is 10.2. The largest absolute Gasteiger partial charge is 0.324 e. The summed E-state index contributed by atoms with van der Waals surface area (Å²) in [7, 11) is -3.75. The maximum Gasteiger partial charge on any atom is 0.248 e. The van der Waals surface area contributed by atoms with E-state index in [9.17, 15) is 13.2 Å². The van der Waals surface area contributed by atoms with Crippen LogP contribution < -0.4 is 9.62 Å². The molecule has 2 aromatic carbocycles. The summed E-state index contributed by atoms with van der Waals surface area (Å²) >= 11 is 17.8. The number of amides is 1. The lowest BCUT2D eigenvalue weighted by molar-refractivity contribution is -0.117. The van der Waals surface area contributed by atoms with E-state index in [1.807, 2.05) is 0 Å². The predicted octanol–water partition coefficient (Wildman–Crippen LogP) is 4.83. The Bertz CT molecular complexity index is 902. The van der Waals surface area contributed by atoms with Crippen LogP contribution in [-0.4, -0.2) is 26.6 Å². The lowest BCUT2D eigenvalue weighted by Gasteiger charge is -2.30. The molecule has 0 aromatic heterocycles. The topological polar surface area (TPSA) is 66.5 Å². The van der Waals surface area contributed by atoms with E-state index in [-0.39, 0.29) is 17.1 Å². The van der Waals surface area contributed by atoms with Crippen LogP contribution in [0.15, 0.2) is 42.5 Å². The van der Waals surface area contributed by atoms with Crippen molar-refractivity contribution in [1.29, 1.82) is 0 Å². The van der Waals surface area contributed by atoms with Crippen LogP contribution in [0, 0.1) is 0 Å². The van der Waals surface area contributed by atoms with Crippen LogP contribution in [0.5, 0.6) is 0 Å². The number of carbonyl (C=O) groups excluding carboxylic acids is 1. The molecule has 9 heteroatoms. The van der Waals surface area contributed by atoms with Gasteiger partial charge in [0.1, 0.15) is 6.04 Å². The molecule has 0 saturated carbocycles. The van der Waals surface area contributed by atoms with E-state index in [0.29, 0.717) is 15.7 Å². The monoisotopic (exact) mass is 434 g/mol. The third kappa shape index (κ3) is 5.04. The molecule has 0 heterocycles. The van der Waals surface area contributed by atoms with Gasteiger partial charge in [-0.2, -0.15) is 0 Å². The number of sulfonamides is 1. The van der Waals surface area contributed by atoms with Crippen molar-refractivity contribution in [3.63, 3.8) is 0 Å². The van der Waals surface area contributed by atoms with E-state index >= 15 is 0 Å². The summed E-state index contributed by atoms with van der Waals surface area (Å²) in [6.07, 6.45) is 1.29. The molecule has 1 N–H and O–H groups in total. The standard InChI is InChI=1S/C17H17Cl3N2O3S/c1-3-16(17(23)21-12-6-4-11(18)5-7-12)22(26(2,24)25)13-8-9-14(19)15(20)10-13/h4-10,16H,3H2,1-2H3,(H,21,23)/t16-/m0/s1. The molecular formula is C17H17Cl3N2O3S. The highest BCUT2D eigenvalue weighted by Gasteiger charge is 2.31. The van der Waals surface area contributed by atoms with E-state index in [4.69, 9.17) is 34.8 Å². The zero-order valence-corrected chi connectivity index (χ0v) is 17.1. The van der Waals surface area contributed by atoms with Crippen LogP contribution in [0.1, 0.15) is 13.3 Å². The van der Waals surface area contributed by atoms with Crippen LogP contribution in [0.4, 0.5) is 11.4 Å². The van der Waals surface area contributed by atoms with E-state index in [1.165, 1.54) is 18.2 Å². The van der Waals surface area contributed by atoms with Gasteiger partial charge in [-0.25, -0.2) is 8.42 Å². The fourth-order valence-electron chi connectivity index (χ4n) is 2.44. The third-order valence-electron chi connectivity index (χ3n) is 3.60. The number of benzene rings is 2. The van der Waals surface area contributed by atoms with Gasteiger partial charge in [-0.15, -0.1) is 0 Å². The molecule has 0 unspecified atom stereocenters. The number of rotatable bonds is 6. The Morgan fingerprint density at radius 2 is 1.69 bits per heavy atom. The van der Waals surface area contributed by atoms with E-state index < -0.39 is 22.0 Å². The molecule has 0 bridgehead atoms. The second-order valence-electron chi connectivity index (χ2n) is 5.58. The molecule has 140 valence electrons. The van der Waals surface area contributed by atoms with Crippen LogP contribution in [0.2, 0.25) is 15.1 Å². The van der Waals surface area contributed by atoms with Crippen molar-refractivity contribution in [2.45, 2.75) is 19.4 Å². The molecule has 0 aliphatic carbocycles. The fourth-order valence-corrected chi connectivity index (χ4v) is 4.06. The highest BCUT2D eigenvalue weighted by atomic mass is 35.5. The summed E-state index contributed by atoms with van der Waals surface area (Å²) in [5, 5.41) is 3.73. The van der Waals surface area contributed by atoms with Crippen LogP contribution in [0.3, 0.4) is 0 Å². The molecule has 0 aliphatic heterocycles. The Hall–Kier alpha value is -1.47. The van der Waals surface area contributed by atoms with Crippen LogP contribution in [-0.2, 0) is 14.8 Å². The molecule has 1 amide bonds. The van der Waals surface area contributed by atoms with Crippen molar-refractivity contribution in [3.05, 3.63) is 57.5 Å². The van der Waals surface area contributed by atoms with E-state index in [1.54, 1.807) is 31.2 Å². The first-order valence-electron chi connectivity index (χ1n) is 7.64. The Kier molecular flexibility index (Phi) is 6.80. The van der Waals surface area contributed by atoms with Crippen molar-refractivity contribution >= 4 is 62.1 Å². The molecule has 0 spiro atoms. The Morgan fingerprint density at radius 1 is 1.08 bits per heavy atom. The molecule has 5 nitrogen and oxygen atoms in total. The number of halogens is 3. The average Bonchev–Trinajstić information content (AvgIpc) is 2.56. The van der Waals surface area contributed by atoms with Gasteiger partial charge in [0.25, 0.3) is 0 Å². The number of carbonyl (C=O) groups is 1. The molecule has 0 fully saturated rings. The maximum atomic E-state index is 12.7. The van der Waals surface area contributed by atoms with Gasteiger partial charge in [0, 0.05) is 10.7 Å². The van der Waals surface area contributed by atoms with Crippen molar-refractivity contribution in [2.24, 2.45) is 0 Å². The fraction of sp³-hybridized carbons (Fsp3) is 0.235. The zero-order chi connectivity index (χ0) is 19.5. The number of hydrogen-bond donors (Lipinski definition) is 1. The zero-order valence-electron chi connectivity index (χ0n) is 14.0. The molecule has 26 heavy (non-hydrogen) atoms. The van der Waals surface area contributed by atoms with Crippen molar-refractivity contribution in [2.75, 3.05) is 15.9 Å². The molecule has 2 aromatic rings. The van der Waals surface area contributed by atoms with Gasteiger partial charge in [0.15, 0.2) is 0 Å². The first kappa shape index (κ1) is 20.8. The third-order valence-corrected chi connectivity index (χ3v) is 5.77. The number of anilines is 2. The SMILES string of the molecule is CC[C@@H](C(=O)Nc1ccc(Cl)cc1)N(c1ccc(Cl)c(Cl)c1)S(C)(=O)=O. The molecule has 2 rings (SSSR count). The second kappa shape index (κ2) is 8.48. The Labute approximate surface area is 167 Å². The summed E-state index contributed by atoms with van der Waals surface area (Å²) in [5.41, 5.74) is 0.778. The van der Waals surface area contributed by atoms with E-state index in [0.717, 1.165) is 10.6 Å². The van der Waals surface area contributed by atoms with Gasteiger partial charge >= 0.3 is 0 Å². The van der Waals surface area contributed by atoms with Crippen LogP contribution in [0.25, 0.3) is 0 Å². The summed E-state index contributed by atoms with van der Waals surface area (Å²) < 4.78 is 25.8. The molecule has 0 radical (unpaired) electrons. The van der Waals surface area contributed by atoms with Gasteiger partial charge in [-0.3, -0.25) is 9.10 Å². The summed E-state index contributed by atoms with van der Waals surface area (Å²) in [4.78, 5) is 12.7. The van der Waals surface area contributed by atoms with E-state index in [2.05, 4.69) is 5.32 Å². The minimum absolute atomic E-state index is 0.200. The van der Waals surface area contributed by atoms with Crippen molar-refractivity contribution in [1.82, 2.24) is 0 Å². The summed E-state index contributed by atoms with van der Waals surface area (Å²) in [5.74, 6) is -0.466. The second-order valence-corrected chi connectivity index (χ2v) is 8.69. The minimum atomic E-state index is -3.75. The Morgan fingerprint density at radius 3 is 2.19 bits per heavy atom. The first-order chi connectivity index (χ1) is 12.1. The minimum Gasteiger partial charge on any atom is -0.324 e. The molecule has 1 atom stereocenters. The molecule has 0 saturated heterocycles. The summed E-state index contributed by atoms with van der Waals surface area (Å²) in [6.45, 7) is 1.72. The molecule has 0 aliphatic rings. The van der Waals surface area contributed by atoms with Gasteiger partial charge in [0.2, 0.25) is 15.9 Å². The van der Waals surface area contributed by atoms with Gasteiger partial charge in [-0.05, 0) is 48.9 Å². The maximum absolute atomic E-state index is 12.7. The van der Waals surface area contributed by atoms with Gasteiger partial charge in [-0.1, -0.05) is 41.7 Å². The highest BCUT2D eigenvalue weighted by molar-refractivity contribution is 7.92. The summed E-state index contributed by atoms with van der Waals surface area (Å²) in [6, 6.07) is 9.99. The smallest absolute Gasteiger partial charge is 0.248 e. The molecular weight excluding hydrogens is 419 g/mol. The quantitative estimate of drug-likeness (QED) is 0.706. The van der Waals surface area contributed by atoms with Gasteiger partial charge in [0.05, 0.1) is 22.0 Å². The lowest BCUT2D eigenvalue weighted by Crippen LogP contribution is -2.47. The predicted molar refractivity (Wildman–Crippen MR) is 108 cm³/mol. The van der Waals surface area contributed by atoms with Crippen molar-refractivity contribution in [3.8, 4) is 0 Å². The first-order valence-corrected chi connectivity index (χ1v) is 10.6. The van der Waals surface area contributed by atoms with Crippen molar-refractivity contribution < 1.29 is 13.2 Å².